The molecule has 0 saturated carbocycles. The van der Waals surface area contributed by atoms with E-state index in [0.29, 0.717) is 41.8 Å². The van der Waals surface area contributed by atoms with E-state index >= 15 is 0 Å². The lowest BCUT2D eigenvalue weighted by molar-refractivity contribution is 0.0951. The molecule has 0 unspecified atom stereocenters. The predicted molar refractivity (Wildman–Crippen MR) is 112 cm³/mol. The van der Waals surface area contributed by atoms with Crippen molar-refractivity contribution in [3.63, 3.8) is 0 Å². The van der Waals surface area contributed by atoms with E-state index in [4.69, 9.17) is 5.73 Å². The van der Waals surface area contributed by atoms with Gasteiger partial charge in [0, 0.05) is 28.8 Å². The highest BCUT2D eigenvalue weighted by Gasteiger charge is 2.13. The Morgan fingerprint density at radius 1 is 1.03 bits per heavy atom. The lowest BCUT2D eigenvalue weighted by Gasteiger charge is -2.10. The van der Waals surface area contributed by atoms with Crippen molar-refractivity contribution in [2.45, 2.75) is 19.8 Å². The second-order valence-corrected chi connectivity index (χ2v) is 6.64. The topological polar surface area (TPSA) is 118 Å². The Morgan fingerprint density at radius 2 is 1.69 bits per heavy atom. The summed E-state index contributed by atoms with van der Waals surface area (Å²) in [6.45, 7) is 1.87. The van der Waals surface area contributed by atoms with Crippen LogP contribution in [0, 0.1) is 0 Å². The summed E-state index contributed by atoms with van der Waals surface area (Å²) in [5, 5.41) is 2.83. The standard InChI is InChI=1S/C22H22N4O3/c1-14(27)15-9-11-17(12-10-15)20(28)24-13-5-8-18-19(16-6-3-2-4-7-16)25-22(23)26-21(18)29/h2-4,6-7,9-12H,5,8,13H2,1H3,(H,24,28)(H3,23,25,26,29). The van der Waals surface area contributed by atoms with Crippen LogP contribution in [0.1, 0.15) is 39.6 Å². The molecule has 0 aliphatic rings. The normalized spacial score (nSPS) is 10.5. The van der Waals surface area contributed by atoms with Crippen molar-refractivity contribution in [1.82, 2.24) is 15.3 Å². The van der Waals surface area contributed by atoms with Gasteiger partial charge in [0.25, 0.3) is 11.5 Å². The number of carbonyl (C=O) groups excluding carboxylic acids is 2. The molecule has 0 spiro atoms. The van der Waals surface area contributed by atoms with Crippen LogP contribution < -0.4 is 16.6 Å². The first-order valence-electron chi connectivity index (χ1n) is 9.29. The Labute approximate surface area is 168 Å². The summed E-state index contributed by atoms with van der Waals surface area (Å²) in [7, 11) is 0. The molecule has 0 atom stereocenters. The summed E-state index contributed by atoms with van der Waals surface area (Å²) >= 11 is 0. The third kappa shape index (κ3) is 4.95. The average molecular weight is 390 g/mol. The first-order valence-corrected chi connectivity index (χ1v) is 9.29. The minimum atomic E-state index is -0.275. The van der Waals surface area contributed by atoms with E-state index in [1.807, 2.05) is 30.3 Å². The Balaban J connectivity index is 1.64. The number of amides is 1. The van der Waals surface area contributed by atoms with Crippen LogP contribution in [0.3, 0.4) is 0 Å². The molecular formula is C22H22N4O3. The van der Waals surface area contributed by atoms with Crippen molar-refractivity contribution in [3.05, 3.63) is 81.6 Å². The van der Waals surface area contributed by atoms with Gasteiger partial charge in [-0.3, -0.25) is 19.4 Å². The largest absolute Gasteiger partial charge is 0.369 e. The number of hydrogen-bond donors (Lipinski definition) is 3. The molecule has 0 radical (unpaired) electrons. The zero-order valence-electron chi connectivity index (χ0n) is 16.1. The molecule has 0 aliphatic carbocycles. The number of benzene rings is 2. The number of carbonyl (C=O) groups is 2. The fourth-order valence-electron chi connectivity index (χ4n) is 3.01. The molecule has 7 nitrogen and oxygen atoms in total. The summed E-state index contributed by atoms with van der Waals surface area (Å²) in [6.07, 6.45) is 1.00. The SMILES string of the molecule is CC(=O)c1ccc(C(=O)NCCCc2c(-c3ccccc3)nc(N)[nH]c2=O)cc1. The van der Waals surface area contributed by atoms with E-state index in [1.54, 1.807) is 24.3 Å². The smallest absolute Gasteiger partial charge is 0.256 e. The van der Waals surface area contributed by atoms with Gasteiger partial charge in [0.15, 0.2) is 5.78 Å². The summed E-state index contributed by atoms with van der Waals surface area (Å²) in [6, 6.07) is 15.9. The third-order valence-corrected chi connectivity index (χ3v) is 4.52. The van der Waals surface area contributed by atoms with E-state index < -0.39 is 0 Å². The second-order valence-electron chi connectivity index (χ2n) is 6.64. The van der Waals surface area contributed by atoms with E-state index in [9.17, 15) is 14.4 Å². The molecule has 29 heavy (non-hydrogen) atoms. The highest BCUT2D eigenvalue weighted by Crippen LogP contribution is 2.20. The number of nitrogens with two attached hydrogens (primary N) is 1. The molecular weight excluding hydrogens is 368 g/mol. The second kappa shape index (κ2) is 8.97. The van der Waals surface area contributed by atoms with Crippen LogP contribution in [0.2, 0.25) is 0 Å². The summed E-state index contributed by atoms with van der Waals surface area (Å²) in [5.41, 5.74) is 8.37. The fourth-order valence-corrected chi connectivity index (χ4v) is 3.01. The number of nitrogens with one attached hydrogen (secondary N) is 2. The van der Waals surface area contributed by atoms with Crippen molar-refractivity contribution >= 4 is 17.6 Å². The van der Waals surface area contributed by atoms with Crippen molar-refractivity contribution in [2.24, 2.45) is 0 Å². The predicted octanol–water partition coefficient (Wildman–Crippen LogP) is 2.58. The molecule has 3 rings (SSSR count). The van der Waals surface area contributed by atoms with Crippen LogP contribution in [-0.4, -0.2) is 28.2 Å². The number of anilines is 1. The van der Waals surface area contributed by atoms with Gasteiger partial charge in [-0.25, -0.2) is 4.98 Å². The molecule has 1 amide bonds. The first-order chi connectivity index (χ1) is 14.0. The van der Waals surface area contributed by atoms with E-state index in [2.05, 4.69) is 15.3 Å². The molecule has 0 fully saturated rings. The number of rotatable bonds is 7. The molecule has 1 aromatic heterocycles. The highest BCUT2D eigenvalue weighted by molar-refractivity contribution is 5.97. The number of hydrogen-bond acceptors (Lipinski definition) is 5. The molecule has 1 heterocycles. The number of Topliss-reactive ketones (excluding diaryl/α,β-unsaturated/α-hetero) is 1. The van der Waals surface area contributed by atoms with Gasteiger partial charge < -0.3 is 11.1 Å². The monoisotopic (exact) mass is 390 g/mol. The zero-order chi connectivity index (χ0) is 20.8. The van der Waals surface area contributed by atoms with Crippen LogP contribution in [0.15, 0.2) is 59.4 Å². The molecule has 0 saturated heterocycles. The van der Waals surface area contributed by atoms with Crippen LogP contribution >= 0.6 is 0 Å². The van der Waals surface area contributed by atoms with Crippen molar-refractivity contribution in [2.75, 3.05) is 12.3 Å². The maximum absolute atomic E-state index is 12.4. The quantitative estimate of drug-likeness (QED) is 0.423. The van der Waals surface area contributed by atoms with Gasteiger partial charge in [-0.1, -0.05) is 42.5 Å². The maximum atomic E-state index is 12.4. The number of ketones is 1. The molecule has 3 aromatic rings. The van der Waals surface area contributed by atoms with E-state index in [-0.39, 0.29) is 23.2 Å². The molecule has 2 aromatic carbocycles. The number of nitrogen functional groups attached to an aromatic ring is 1. The minimum Gasteiger partial charge on any atom is -0.369 e. The summed E-state index contributed by atoms with van der Waals surface area (Å²) in [5.74, 6) is -0.207. The third-order valence-electron chi connectivity index (χ3n) is 4.52. The van der Waals surface area contributed by atoms with Crippen molar-refractivity contribution < 1.29 is 9.59 Å². The maximum Gasteiger partial charge on any atom is 0.256 e. The van der Waals surface area contributed by atoms with Gasteiger partial charge in [-0.2, -0.15) is 0 Å². The van der Waals surface area contributed by atoms with Gasteiger partial charge in [0.05, 0.1) is 5.69 Å². The van der Waals surface area contributed by atoms with Gasteiger partial charge in [0.2, 0.25) is 5.95 Å². The highest BCUT2D eigenvalue weighted by atomic mass is 16.1. The Kier molecular flexibility index (Phi) is 6.19. The lowest BCUT2D eigenvalue weighted by atomic mass is 10.0. The first kappa shape index (κ1) is 20.0. The van der Waals surface area contributed by atoms with Gasteiger partial charge in [-0.15, -0.1) is 0 Å². The van der Waals surface area contributed by atoms with Gasteiger partial charge >= 0.3 is 0 Å². The van der Waals surface area contributed by atoms with Crippen LogP contribution in [-0.2, 0) is 6.42 Å². The molecule has 0 aliphatic heterocycles. The number of nitrogens with zero attached hydrogens (tertiary/aromatic N) is 1. The van der Waals surface area contributed by atoms with Crippen molar-refractivity contribution in [1.29, 1.82) is 0 Å². The van der Waals surface area contributed by atoms with Crippen molar-refractivity contribution in [3.8, 4) is 11.3 Å². The summed E-state index contributed by atoms with van der Waals surface area (Å²) in [4.78, 5) is 42.8. The lowest BCUT2D eigenvalue weighted by Crippen LogP contribution is -2.26. The zero-order valence-corrected chi connectivity index (χ0v) is 16.1. The number of H-pyrrole nitrogens is 1. The van der Waals surface area contributed by atoms with Crippen LogP contribution in [0.4, 0.5) is 5.95 Å². The van der Waals surface area contributed by atoms with E-state index in [1.165, 1.54) is 6.92 Å². The molecule has 7 heteroatoms. The van der Waals surface area contributed by atoms with Crippen LogP contribution in [0.25, 0.3) is 11.3 Å². The molecule has 148 valence electrons. The number of aromatic nitrogens is 2. The Bertz CT molecular complexity index is 1070. The number of aromatic amines is 1. The van der Waals surface area contributed by atoms with Gasteiger partial charge in [-0.05, 0) is 31.9 Å². The minimum absolute atomic E-state index is 0.0477. The van der Waals surface area contributed by atoms with Gasteiger partial charge in [0.1, 0.15) is 0 Å². The average Bonchev–Trinajstić information content (AvgIpc) is 2.72. The Hall–Kier alpha value is -3.74. The van der Waals surface area contributed by atoms with Crippen LogP contribution in [0.5, 0.6) is 0 Å². The molecule has 4 N–H and O–H groups in total. The van der Waals surface area contributed by atoms with E-state index in [0.717, 1.165) is 5.56 Å². The molecule has 0 bridgehead atoms. The fraction of sp³-hybridized carbons (Fsp3) is 0.182. The Morgan fingerprint density at radius 3 is 2.34 bits per heavy atom. The summed E-state index contributed by atoms with van der Waals surface area (Å²) < 4.78 is 0.